The van der Waals surface area contributed by atoms with E-state index >= 15 is 0 Å². The van der Waals surface area contributed by atoms with E-state index < -0.39 is 28.4 Å². The molecule has 1 unspecified atom stereocenters. The molecule has 184 valence electrons. The molecule has 0 bridgehead atoms. The first-order chi connectivity index (χ1) is 17.2. The number of non-ortho nitro benzene ring substituents is 1. The quantitative estimate of drug-likeness (QED) is 0.163. The van der Waals surface area contributed by atoms with Crippen LogP contribution in [0.2, 0.25) is 0 Å². The average molecular weight is 488 g/mol. The number of amides is 1. The summed E-state index contributed by atoms with van der Waals surface area (Å²) in [7, 11) is 1.52. The molecule has 1 atom stereocenters. The number of rotatable bonds is 7. The fourth-order valence-corrected chi connectivity index (χ4v) is 4.08. The minimum Gasteiger partial charge on any atom is -0.507 e. The van der Waals surface area contributed by atoms with Gasteiger partial charge in [0.15, 0.2) is 0 Å². The molecule has 3 aromatic carbocycles. The third-order valence-corrected chi connectivity index (χ3v) is 5.69. The van der Waals surface area contributed by atoms with Crippen LogP contribution >= 0.6 is 0 Å². The molecule has 0 aromatic heterocycles. The third-order valence-electron chi connectivity index (χ3n) is 5.69. The zero-order chi connectivity index (χ0) is 26.0. The number of ether oxygens (including phenoxy) is 2. The Morgan fingerprint density at radius 2 is 1.67 bits per heavy atom. The molecule has 9 heteroatoms. The molecule has 1 fully saturated rings. The van der Waals surface area contributed by atoms with E-state index in [1.165, 1.54) is 36.3 Å². The Labute approximate surface area is 207 Å². The maximum absolute atomic E-state index is 13.3. The highest BCUT2D eigenvalue weighted by Crippen LogP contribution is 2.43. The molecule has 1 aliphatic heterocycles. The predicted octanol–water partition coefficient (Wildman–Crippen LogP) is 5.02. The van der Waals surface area contributed by atoms with Gasteiger partial charge in [0, 0.05) is 23.4 Å². The molecule has 1 aliphatic rings. The topological polar surface area (TPSA) is 119 Å². The van der Waals surface area contributed by atoms with Crippen LogP contribution < -0.4 is 14.4 Å². The fraction of sp³-hybridized carbons (Fsp3) is 0.185. The van der Waals surface area contributed by atoms with E-state index in [-0.39, 0.29) is 22.9 Å². The Morgan fingerprint density at radius 1 is 1.00 bits per heavy atom. The smallest absolute Gasteiger partial charge is 0.300 e. The standard InChI is InChI=1S/C27H24N2O7/c1-16(2)36-22-6-4-5-18(15-22)24-23(25(30)17-7-9-20(10-8-17)29(33)34)26(31)27(32)28(24)19-11-13-21(35-3)14-12-19/h4-16,24,30H,1-3H3/b25-23+. The van der Waals surface area contributed by atoms with Crippen molar-refractivity contribution in [2.75, 3.05) is 12.0 Å². The van der Waals surface area contributed by atoms with Crippen molar-refractivity contribution in [1.82, 2.24) is 0 Å². The second-order valence-electron chi connectivity index (χ2n) is 8.41. The highest BCUT2D eigenvalue weighted by molar-refractivity contribution is 6.51. The minimum atomic E-state index is -0.968. The van der Waals surface area contributed by atoms with Gasteiger partial charge in [0.1, 0.15) is 17.3 Å². The molecule has 0 aliphatic carbocycles. The molecule has 1 saturated heterocycles. The van der Waals surface area contributed by atoms with Gasteiger partial charge in [0.25, 0.3) is 17.4 Å². The molecule has 0 radical (unpaired) electrons. The molecule has 4 rings (SSSR count). The zero-order valence-corrected chi connectivity index (χ0v) is 19.9. The maximum atomic E-state index is 13.3. The van der Waals surface area contributed by atoms with Crippen LogP contribution in [0.25, 0.3) is 5.76 Å². The van der Waals surface area contributed by atoms with E-state index in [0.717, 1.165) is 0 Å². The van der Waals surface area contributed by atoms with Gasteiger partial charge in [-0.3, -0.25) is 24.6 Å². The number of ketones is 1. The highest BCUT2D eigenvalue weighted by atomic mass is 16.6. The van der Waals surface area contributed by atoms with Gasteiger partial charge in [-0.25, -0.2) is 0 Å². The van der Waals surface area contributed by atoms with Crippen molar-refractivity contribution >= 4 is 28.8 Å². The Kier molecular flexibility index (Phi) is 6.73. The lowest BCUT2D eigenvalue weighted by Crippen LogP contribution is -2.29. The van der Waals surface area contributed by atoms with Gasteiger partial charge in [-0.2, -0.15) is 0 Å². The second-order valence-corrected chi connectivity index (χ2v) is 8.41. The molecular formula is C27H24N2O7. The molecule has 0 spiro atoms. The van der Waals surface area contributed by atoms with Crippen molar-refractivity contribution in [3.8, 4) is 11.5 Å². The lowest BCUT2D eigenvalue weighted by atomic mass is 9.95. The maximum Gasteiger partial charge on any atom is 0.300 e. The number of hydrogen-bond acceptors (Lipinski definition) is 7. The molecule has 1 heterocycles. The summed E-state index contributed by atoms with van der Waals surface area (Å²) < 4.78 is 11.0. The van der Waals surface area contributed by atoms with Crippen LogP contribution in [0.4, 0.5) is 11.4 Å². The molecule has 36 heavy (non-hydrogen) atoms. The normalized spacial score (nSPS) is 16.9. The van der Waals surface area contributed by atoms with Crippen molar-refractivity contribution < 1.29 is 29.1 Å². The van der Waals surface area contributed by atoms with Crippen molar-refractivity contribution in [1.29, 1.82) is 0 Å². The Balaban J connectivity index is 1.90. The van der Waals surface area contributed by atoms with E-state index in [0.29, 0.717) is 22.7 Å². The van der Waals surface area contributed by atoms with Crippen molar-refractivity contribution in [3.63, 3.8) is 0 Å². The molecule has 3 aromatic rings. The van der Waals surface area contributed by atoms with Crippen molar-refractivity contribution in [2.45, 2.75) is 26.0 Å². The number of Topliss-reactive ketones (excluding diaryl/α,β-unsaturated/α-hetero) is 1. The number of hydrogen-bond donors (Lipinski definition) is 1. The first-order valence-electron chi connectivity index (χ1n) is 11.2. The molecule has 1 N–H and O–H groups in total. The summed E-state index contributed by atoms with van der Waals surface area (Å²) in [6.07, 6.45) is -0.103. The SMILES string of the molecule is COc1ccc(N2C(=O)C(=O)/C(=C(/O)c3ccc([N+](=O)[O-])cc3)C2c2cccc(OC(C)C)c2)cc1. The van der Waals surface area contributed by atoms with Gasteiger partial charge >= 0.3 is 0 Å². The van der Waals surface area contributed by atoms with Gasteiger partial charge in [0.05, 0.1) is 29.8 Å². The first kappa shape index (κ1) is 24.5. The minimum absolute atomic E-state index is 0.103. The van der Waals surface area contributed by atoms with Crippen molar-refractivity contribution in [2.24, 2.45) is 0 Å². The van der Waals surface area contributed by atoms with Gasteiger partial charge < -0.3 is 14.6 Å². The van der Waals surface area contributed by atoms with Gasteiger partial charge in [0.2, 0.25) is 0 Å². The molecule has 9 nitrogen and oxygen atoms in total. The number of carbonyl (C=O) groups is 2. The Morgan fingerprint density at radius 3 is 2.25 bits per heavy atom. The Bertz CT molecular complexity index is 1350. The number of carbonyl (C=O) groups excluding carboxylic acids is 2. The number of aliphatic hydroxyl groups is 1. The average Bonchev–Trinajstić information content (AvgIpc) is 3.13. The summed E-state index contributed by atoms with van der Waals surface area (Å²) in [6.45, 7) is 3.76. The van der Waals surface area contributed by atoms with Gasteiger partial charge in [-0.1, -0.05) is 12.1 Å². The first-order valence-corrected chi connectivity index (χ1v) is 11.2. The summed E-state index contributed by atoms with van der Waals surface area (Å²) in [5.74, 6) is -1.01. The van der Waals surface area contributed by atoms with E-state index in [1.807, 2.05) is 13.8 Å². The predicted molar refractivity (Wildman–Crippen MR) is 133 cm³/mol. The summed E-state index contributed by atoms with van der Waals surface area (Å²) in [5.41, 5.74) is 0.854. The third kappa shape index (κ3) is 4.63. The number of nitro benzene ring substituents is 1. The van der Waals surface area contributed by atoms with E-state index in [4.69, 9.17) is 9.47 Å². The summed E-state index contributed by atoms with van der Waals surface area (Å²) in [6, 6.07) is 17.8. The van der Waals surface area contributed by atoms with Crippen LogP contribution in [0.1, 0.15) is 31.0 Å². The second kappa shape index (κ2) is 9.91. The number of nitrogens with zero attached hydrogens (tertiary/aromatic N) is 2. The van der Waals surface area contributed by atoms with Crippen LogP contribution in [0, 0.1) is 10.1 Å². The summed E-state index contributed by atoms with van der Waals surface area (Å²) >= 11 is 0. The number of nitro groups is 1. The number of methoxy groups -OCH3 is 1. The van der Waals surface area contributed by atoms with E-state index in [2.05, 4.69) is 0 Å². The number of aliphatic hydroxyl groups excluding tert-OH is 1. The lowest BCUT2D eigenvalue weighted by Gasteiger charge is -2.26. The molecule has 0 saturated carbocycles. The van der Waals surface area contributed by atoms with Crippen molar-refractivity contribution in [3.05, 3.63) is 99.6 Å². The lowest BCUT2D eigenvalue weighted by molar-refractivity contribution is -0.384. The van der Waals surface area contributed by atoms with Crippen LogP contribution in [0.3, 0.4) is 0 Å². The van der Waals surface area contributed by atoms with E-state index in [1.54, 1.807) is 48.5 Å². The monoisotopic (exact) mass is 488 g/mol. The molecular weight excluding hydrogens is 464 g/mol. The van der Waals surface area contributed by atoms with Gasteiger partial charge in [-0.05, 0) is 67.9 Å². The fourth-order valence-electron chi connectivity index (χ4n) is 4.08. The highest BCUT2D eigenvalue weighted by Gasteiger charge is 2.47. The largest absolute Gasteiger partial charge is 0.507 e. The number of anilines is 1. The Hall–Kier alpha value is -4.66. The zero-order valence-electron chi connectivity index (χ0n) is 19.9. The van der Waals surface area contributed by atoms with Crippen LogP contribution in [0.15, 0.2) is 78.4 Å². The molecule has 1 amide bonds. The van der Waals surface area contributed by atoms with Crippen LogP contribution in [0.5, 0.6) is 11.5 Å². The van der Waals surface area contributed by atoms with E-state index in [9.17, 15) is 24.8 Å². The number of benzene rings is 3. The summed E-state index contributed by atoms with van der Waals surface area (Å²) in [5, 5.41) is 22.2. The van der Waals surface area contributed by atoms with Crippen LogP contribution in [-0.4, -0.2) is 34.9 Å². The van der Waals surface area contributed by atoms with Crippen LogP contribution in [-0.2, 0) is 9.59 Å². The van der Waals surface area contributed by atoms with Gasteiger partial charge in [-0.15, -0.1) is 0 Å². The summed E-state index contributed by atoms with van der Waals surface area (Å²) in [4.78, 5) is 38.3.